The van der Waals surface area contributed by atoms with Crippen LogP contribution in [-0.2, 0) is 19.0 Å². The van der Waals surface area contributed by atoms with Gasteiger partial charge in [-0.1, -0.05) is 71.1 Å². The second-order valence-corrected chi connectivity index (χ2v) is 8.39. The maximum atomic E-state index is 11.7. The predicted molar refractivity (Wildman–Crippen MR) is 109 cm³/mol. The summed E-state index contributed by atoms with van der Waals surface area (Å²) in [4.78, 5) is 11.7. The van der Waals surface area contributed by atoms with Crippen LogP contribution in [0.1, 0.15) is 110 Å². The van der Waals surface area contributed by atoms with Gasteiger partial charge in [-0.2, -0.15) is 0 Å². The van der Waals surface area contributed by atoms with E-state index in [2.05, 4.69) is 6.92 Å². The van der Waals surface area contributed by atoms with Crippen LogP contribution in [0, 0.1) is 0 Å². The third-order valence-electron chi connectivity index (χ3n) is 5.85. The SMILES string of the molecule is CCCCCCCCC1OC1CCCCCCCC(=O)OCC1CCCO1. The summed E-state index contributed by atoms with van der Waals surface area (Å²) in [6.07, 6.45) is 20.5. The molecule has 0 bridgehead atoms. The Labute approximate surface area is 166 Å². The summed E-state index contributed by atoms with van der Waals surface area (Å²) in [5, 5.41) is 0. The molecule has 2 aliphatic heterocycles. The number of carbonyl (C=O) groups excluding carboxylic acids is 1. The zero-order valence-corrected chi connectivity index (χ0v) is 17.6. The molecule has 2 fully saturated rings. The fraction of sp³-hybridized carbons (Fsp3) is 0.957. The van der Waals surface area contributed by atoms with Crippen molar-refractivity contribution < 1.29 is 19.0 Å². The van der Waals surface area contributed by atoms with E-state index in [-0.39, 0.29) is 12.1 Å². The first-order valence-electron chi connectivity index (χ1n) is 11.7. The third-order valence-corrected chi connectivity index (χ3v) is 5.85. The molecule has 0 aromatic heterocycles. The molecule has 3 unspecified atom stereocenters. The summed E-state index contributed by atoms with van der Waals surface area (Å²) in [6, 6.07) is 0. The van der Waals surface area contributed by atoms with Crippen LogP contribution in [0.15, 0.2) is 0 Å². The Morgan fingerprint density at radius 1 is 0.889 bits per heavy atom. The Kier molecular flexibility index (Phi) is 12.1. The Hall–Kier alpha value is -0.610. The van der Waals surface area contributed by atoms with Gasteiger partial charge < -0.3 is 14.2 Å². The van der Waals surface area contributed by atoms with Gasteiger partial charge in [0.15, 0.2) is 0 Å². The summed E-state index contributed by atoms with van der Waals surface area (Å²) in [5.74, 6) is -0.0607. The van der Waals surface area contributed by atoms with Gasteiger partial charge in [0.2, 0.25) is 0 Å². The summed E-state index contributed by atoms with van der Waals surface area (Å²) < 4.78 is 16.5. The molecule has 2 heterocycles. The van der Waals surface area contributed by atoms with E-state index >= 15 is 0 Å². The lowest BCUT2D eigenvalue weighted by Crippen LogP contribution is -2.17. The molecule has 2 rings (SSSR count). The first kappa shape index (κ1) is 22.7. The highest BCUT2D eigenvalue weighted by Gasteiger charge is 2.36. The van der Waals surface area contributed by atoms with Crippen molar-refractivity contribution in [3.8, 4) is 0 Å². The van der Waals surface area contributed by atoms with Crippen LogP contribution in [0.4, 0.5) is 0 Å². The quantitative estimate of drug-likeness (QED) is 0.177. The van der Waals surface area contributed by atoms with Crippen LogP contribution >= 0.6 is 0 Å². The van der Waals surface area contributed by atoms with Gasteiger partial charge in [0.1, 0.15) is 6.61 Å². The molecular formula is C23H42O4. The zero-order chi connectivity index (χ0) is 19.2. The molecule has 27 heavy (non-hydrogen) atoms. The van der Waals surface area contributed by atoms with Gasteiger partial charge in [0.05, 0.1) is 18.3 Å². The first-order valence-corrected chi connectivity index (χ1v) is 11.7. The van der Waals surface area contributed by atoms with Crippen LogP contribution in [-0.4, -0.2) is 37.5 Å². The van der Waals surface area contributed by atoms with Crippen molar-refractivity contribution in [2.75, 3.05) is 13.2 Å². The minimum absolute atomic E-state index is 0.0607. The topological polar surface area (TPSA) is 48.1 Å². The van der Waals surface area contributed by atoms with E-state index < -0.39 is 0 Å². The fourth-order valence-electron chi connectivity index (χ4n) is 3.99. The number of rotatable bonds is 17. The van der Waals surface area contributed by atoms with Gasteiger partial charge in [-0.05, 0) is 32.1 Å². The van der Waals surface area contributed by atoms with E-state index in [9.17, 15) is 4.79 Å². The van der Waals surface area contributed by atoms with Gasteiger partial charge in [-0.15, -0.1) is 0 Å². The zero-order valence-electron chi connectivity index (χ0n) is 17.6. The maximum Gasteiger partial charge on any atom is 0.305 e. The lowest BCUT2D eigenvalue weighted by atomic mass is 10.0. The molecular weight excluding hydrogens is 340 g/mol. The van der Waals surface area contributed by atoms with E-state index in [0.717, 1.165) is 32.3 Å². The van der Waals surface area contributed by atoms with Gasteiger partial charge in [0, 0.05) is 13.0 Å². The van der Waals surface area contributed by atoms with Crippen molar-refractivity contribution in [3.63, 3.8) is 0 Å². The Bertz CT molecular complexity index is 379. The first-order chi connectivity index (χ1) is 13.3. The molecule has 3 atom stereocenters. The Morgan fingerprint density at radius 3 is 2.15 bits per heavy atom. The minimum Gasteiger partial charge on any atom is -0.463 e. The average Bonchev–Trinajstić information content (AvgIpc) is 3.20. The number of hydrogen-bond donors (Lipinski definition) is 0. The third kappa shape index (κ3) is 11.1. The van der Waals surface area contributed by atoms with Crippen LogP contribution < -0.4 is 0 Å². The van der Waals surface area contributed by atoms with Crippen molar-refractivity contribution in [1.29, 1.82) is 0 Å². The Balaban J connectivity index is 1.29. The highest BCUT2D eigenvalue weighted by molar-refractivity contribution is 5.69. The van der Waals surface area contributed by atoms with Crippen molar-refractivity contribution in [1.82, 2.24) is 0 Å². The summed E-state index contributed by atoms with van der Waals surface area (Å²) in [7, 11) is 0. The number of epoxide rings is 1. The number of ether oxygens (including phenoxy) is 3. The van der Waals surface area contributed by atoms with Crippen LogP contribution in [0.5, 0.6) is 0 Å². The van der Waals surface area contributed by atoms with Crippen LogP contribution in [0.2, 0.25) is 0 Å². The van der Waals surface area contributed by atoms with Crippen molar-refractivity contribution in [2.45, 2.75) is 128 Å². The molecule has 0 aromatic rings. The molecule has 0 saturated carbocycles. The summed E-state index contributed by atoms with van der Waals surface area (Å²) >= 11 is 0. The van der Waals surface area contributed by atoms with Crippen molar-refractivity contribution in [2.24, 2.45) is 0 Å². The molecule has 0 aliphatic carbocycles. The molecule has 0 amide bonds. The monoisotopic (exact) mass is 382 g/mol. The van der Waals surface area contributed by atoms with E-state index in [1.165, 1.54) is 70.6 Å². The second-order valence-electron chi connectivity index (χ2n) is 8.39. The molecule has 158 valence electrons. The fourth-order valence-corrected chi connectivity index (χ4v) is 3.99. The summed E-state index contributed by atoms with van der Waals surface area (Å²) in [6.45, 7) is 3.53. The molecule has 4 heteroatoms. The van der Waals surface area contributed by atoms with E-state index in [0.29, 0.717) is 25.2 Å². The van der Waals surface area contributed by atoms with Gasteiger partial charge >= 0.3 is 5.97 Å². The second kappa shape index (κ2) is 14.4. The van der Waals surface area contributed by atoms with E-state index in [4.69, 9.17) is 14.2 Å². The minimum atomic E-state index is -0.0607. The van der Waals surface area contributed by atoms with E-state index in [1.807, 2.05) is 0 Å². The molecule has 0 radical (unpaired) electrons. The molecule has 0 N–H and O–H groups in total. The van der Waals surface area contributed by atoms with Crippen molar-refractivity contribution >= 4 is 5.97 Å². The smallest absolute Gasteiger partial charge is 0.305 e. The van der Waals surface area contributed by atoms with E-state index in [1.54, 1.807) is 0 Å². The molecule has 2 aliphatic rings. The van der Waals surface area contributed by atoms with Crippen molar-refractivity contribution in [3.05, 3.63) is 0 Å². The number of unbranched alkanes of at least 4 members (excludes halogenated alkanes) is 9. The van der Waals surface area contributed by atoms with Gasteiger partial charge in [-0.3, -0.25) is 4.79 Å². The molecule has 0 spiro atoms. The number of carbonyl (C=O) groups is 1. The molecule has 2 saturated heterocycles. The van der Waals surface area contributed by atoms with Crippen LogP contribution in [0.3, 0.4) is 0 Å². The normalized spacial score (nSPS) is 24.3. The predicted octanol–water partition coefficient (Wildman–Crippen LogP) is 5.96. The highest BCUT2D eigenvalue weighted by atomic mass is 16.6. The Morgan fingerprint density at radius 2 is 1.52 bits per heavy atom. The number of hydrogen-bond acceptors (Lipinski definition) is 4. The average molecular weight is 383 g/mol. The lowest BCUT2D eigenvalue weighted by Gasteiger charge is -2.09. The summed E-state index contributed by atoms with van der Waals surface area (Å²) in [5.41, 5.74) is 0. The van der Waals surface area contributed by atoms with Gasteiger partial charge in [0.25, 0.3) is 0 Å². The largest absolute Gasteiger partial charge is 0.463 e. The molecule has 4 nitrogen and oxygen atoms in total. The lowest BCUT2D eigenvalue weighted by molar-refractivity contribution is -0.147. The highest BCUT2D eigenvalue weighted by Crippen LogP contribution is 2.31. The van der Waals surface area contributed by atoms with Gasteiger partial charge in [-0.25, -0.2) is 0 Å². The molecule has 0 aromatic carbocycles. The standard InChI is InChI=1S/C23H42O4/c1-2-3-4-5-7-10-15-21-22(27-21)16-11-8-6-9-12-17-23(24)26-19-20-14-13-18-25-20/h20-22H,2-19H2,1H3. The maximum absolute atomic E-state index is 11.7. The van der Waals surface area contributed by atoms with Crippen LogP contribution in [0.25, 0.3) is 0 Å². The number of esters is 1.